The predicted octanol–water partition coefficient (Wildman–Crippen LogP) is 5.70. The summed E-state index contributed by atoms with van der Waals surface area (Å²) in [5, 5.41) is 0. The van der Waals surface area contributed by atoms with Crippen molar-refractivity contribution in [2.45, 2.75) is 77.6 Å². The number of nitrogens with zero attached hydrogens (tertiary/aromatic N) is 2. The molecule has 8 heteroatoms. The Morgan fingerprint density at radius 1 is 1.23 bits per heavy atom. The van der Waals surface area contributed by atoms with Crippen molar-refractivity contribution < 1.29 is 22.9 Å². The van der Waals surface area contributed by atoms with Gasteiger partial charge in [-0.3, -0.25) is 0 Å². The molecule has 1 amide bonds. The van der Waals surface area contributed by atoms with Crippen LogP contribution in [0.25, 0.3) is 0 Å². The monoisotopic (exact) mass is 456 g/mol. The van der Waals surface area contributed by atoms with Crippen LogP contribution in [0.3, 0.4) is 0 Å². The van der Waals surface area contributed by atoms with E-state index in [1.807, 2.05) is 20.8 Å². The lowest BCUT2D eigenvalue weighted by Crippen LogP contribution is -2.51. The lowest BCUT2D eigenvalue weighted by atomic mass is 9.91. The van der Waals surface area contributed by atoms with Gasteiger partial charge < -0.3 is 14.2 Å². The third-order valence-electron chi connectivity index (χ3n) is 4.92. The molecule has 5 nitrogen and oxygen atoms in total. The number of hydrogen-bond acceptors (Lipinski definition) is 4. The average Bonchev–Trinajstić information content (AvgIpc) is 2.58. The number of ether oxygens (including phenoxy) is 1. The van der Waals surface area contributed by atoms with Gasteiger partial charge in [-0.1, -0.05) is 22.6 Å². The number of rotatable bonds is 6. The molecular weight excluding hydrogens is 422 g/mol. The summed E-state index contributed by atoms with van der Waals surface area (Å²) in [6.07, 6.45) is -0.379. The number of alkyl halides is 2. The summed E-state index contributed by atoms with van der Waals surface area (Å²) in [5.41, 5.74) is 0.359. The molecule has 1 aromatic rings. The van der Waals surface area contributed by atoms with Gasteiger partial charge in [-0.15, -0.1) is 0 Å². The summed E-state index contributed by atoms with van der Waals surface area (Å²) in [4.78, 5) is 13.5. The molecular formula is C23H34F2N2O3S. The highest BCUT2D eigenvalue weighted by Crippen LogP contribution is 2.36. The lowest BCUT2D eigenvalue weighted by molar-refractivity contribution is -0.0337. The SMILES string of the molecule is C/C(=N\[S+]([O-])C(C)(C)C)c1cccc(C(F)(F)CCC2CN(C(=O)OC(C)(C)C)C2)c1. The highest BCUT2D eigenvalue weighted by Gasteiger charge is 2.38. The second-order valence-electron chi connectivity index (χ2n) is 10.1. The molecule has 31 heavy (non-hydrogen) atoms. The van der Waals surface area contributed by atoms with Crippen molar-refractivity contribution in [3.63, 3.8) is 0 Å². The number of carbonyl (C=O) groups excluding carboxylic acids is 1. The fourth-order valence-corrected chi connectivity index (χ4v) is 3.67. The van der Waals surface area contributed by atoms with Crippen molar-refractivity contribution in [1.82, 2.24) is 4.90 Å². The molecule has 0 aliphatic carbocycles. The van der Waals surface area contributed by atoms with E-state index in [0.717, 1.165) is 0 Å². The number of amides is 1. The van der Waals surface area contributed by atoms with Crippen LogP contribution in [-0.2, 0) is 22.0 Å². The highest BCUT2D eigenvalue weighted by molar-refractivity contribution is 7.91. The molecule has 2 rings (SSSR count). The van der Waals surface area contributed by atoms with Crippen LogP contribution in [0.1, 0.15) is 72.4 Å². The third-order valence-corrected chi connectivity index (χ3v) is 6.41. The van der Waals surface area contributed by atoms with E-state index in [4.69, 9.17) is 4.74 Å². The van der Waals surface area contributed by atoms with Crippen LogP contribution in [0.4, 0.5) is 13.6 Å². The van der Waals surface area contributed by atoms with E-state index >= 15 is 0 Å². The van der Waals surface area contributed by atoms with Crippen molar-refractivity contribution in [1.29, 1.82) is 0 Å². The van der Waals surface area contributed by atoms with Gasteiger partial charge in [0.2, 0.25) is 0 Å². The van der Waals surface area contributed by atoms with E-state index in [0.29, 0.717) is 30.8 Å². The van der Waals surface area contributed by atoms with Gasteiger partial charge in [0, 0.05) is 30.6 Å². The Labute approximate surface area is 187 Å². The third kappa shape index (κ3) is 7.45. The molecule has 174 valence electrons. The number of hydrogen-bond donors (Lipinski definition) is 0. The zero-order valence-electron chi connectivity index (χ0n) is 19.5. The Morgan fingerprint density at radius 3 is 2.39 bits per heavy atom. The summed E-state index contributed by atoms with van der Waals surface area (Å²) < 4.78 is 50.9. The second kappa shape index (κ2) is 9.45. The van der Waals surface area contributed by atoms with E-state index in [1.54, 1.807) is 44.7 Å². The highest BCUT2D eigenvalue weighted by atomic mass is 32.2. The smallest absolute Gasteiger partial charge is 0.410 e. The number of benzene rings is 1. The van der Waals surface area contributed by atoms with Crippen LogP contribution in [0, 0.1) is 5.92 Å². The van der Waals surface area contributed by atoms with Gasteiger partial charge in [-0.05, 0) is 66.9 Å². The van der Waals surface area contributed by atoms with Crippen LogP contribution >= 0.6 is 0 Å². The van der Waals surface area contributed by atoms with Gasteiger partial charge in [0.05, 0.1) is 5.71 Å². The van der Waals surface area contributed by atoms with Crippen LogP contribution in [-0.4, -0.2) is 44.7 Å². The molecule has 1 aliphatic heterocycles. The zero-order chi connectivity index (χ0) is 23.6. The van der Waals surface area contributed by atoms with Gasteiger partial charge >= 0.3 is 6.09 Å². The minimum absolute atomic E-state index is 0.0408. The van der Waals surface area contributed by atoms with E-state index in [1.165, 1.54) is 12.1 Å². The van der Waals surface area contributed by atoms with E-state index in [-0.39, 0.29) is 17.9 Å². The molecule has 1 aromatic carbocycles. The quantitative estimate of drug-likeness (QED) is 0.408. The molecule has 0 spiro atoms. The molecule has 0 saturated carbocycles. The van der Waals surface area contributed by atoms with Crippen LogP contribution in [0.2, 0.25) is 0 Å². The predicted molar refractivity (Wildman–Crippen MR) is 121 cm³/mol. The van der Waals surface area contributed by atoms with E-state index < -0.39 is 33.7 Å². The Bertz CT molecular complexity index is 810. The van der Waals surface area contributed by atoms with Crippen LogP contribution in [0.15, 0.2) is 28.7 Å². The molecule has 1 saturated heterocycles. The largest absolute Gasteiger partial charge is 0.591 e. The van der Waals surface area contributed by atoms with Crippen molar-refractivity contribution in [2.24, 2.45) is 10.3 Å². The Balaban J connectivity index is 1.96. The summed E-state index contributed by atoms with van der Waals surface area (Å²) >= 11 is -1.45. The first-order chi connectivity index (χ1) is 14.1. The molecule has 0 N–H and O–H groups in total. The Kier molecular flexibility index (Phi) is 7.80. The van der Waals surface area contributed by atoms with Crippen molar-refractivity contribution in [3.05, 3.63) is 35.4 Å². The minimum atomic E-state index is -2.99. The Hall–Kier alpha value is -1.67. The molecule has 1 heterocycles. The molecule has 0 radical (unpaired) electrons. The van der Waals surface area contributed by atoms with E-state index in [2.05, 4.69) is 4.40 Å². The standard InChI is InChI=1S/C23H34F2N2O3S/c1-16(26-31(29)22(5,6)7)18-9-8-10-19(13-18)23(24,25)12-11-17-14-27(15-17)20(28)30-21(2,3)4/h8-10,13,17H,11-12,14-15H2,1-7H3/b26-16+. The molecule has 1 atom stereocenters. The van der Waals surface area contributed by atoms with Crippen molar-refractivity contribution in [3.8, 4) is 0 Å². The number of halogens is 2. The van der Waals surface area contributed by atoms with Gasteiger partial charge in [0.25, 0.3) is 5.92 Å². The fourth-order valence-electron chi connectivity index (χ4n) is 3.04. The average molecular weight is 457 g/mol. The zero-order valence-corrected chi connectivity index (χ0v) is 20.3. The normalized spacial score (nSPS) is 17.4. The first kappa shape index (κ1) is 25.6. The summed E-state index contributed by atoms with van der Waals surface area (Å²) in [6.45, 7) is 13.4. The molecule has 0 bridgehead atoms. The maximum absolute atomic E-state index is 14.8. The molecule has 1 unspecified atom stereocenters. The van der Waals surface area contributed by atoms with Crippen molar-refractivity contribution in [2.75, 3.05) is 13.1 Å². The maximum Gasteiger partial charge on any atom is 0.410 e. The topological polar surface area (TPSA) is 65.0 Å². The number of likely N-dealkylation sites (tertiary alicyclic amines) is 1. The maximum atomic E-state index is 14.8. The van der Waals surface area contributed by atoms with Crippen LogP contribution in [0.5, 0.6) is 0 Å². The molecule has 1 fully saturated rings. The van der Waals surface area contributed by atoms with Crippen LogP contribution < -0.4 is 0 Å². The van der Waals surface area contributed by atoms with E-state index in [9.17, 15) is 18.1 Å². The second-order valence-corrected chi connectivity index (χ2v) is 12.0. The minimum Gasteiger partial charge on any atom is -0.591 e. The van der Waals surface area contributed by atoms with Gasteiger partial charge in [-0.2, -0.15) is 0 Å². The molecule has 1 aliphatic rings. The number of carbonyl (C=O) groups is 1. The van der Waals surface area contributed by atoms with Crippen molar-refractivity contribution >= 4 is 23.2 Å². The summed E-state index contributed by atoms with van der Waals surface area (Å²) in [5.74, 6) is -2.95. The van der Waals surface area contributed by atoms with Gasteiger partial charge in [0.15, 0.2) is 0 Å². The lowest BCUT2D eigenvalue weighted by Gasteiger charge is -2.40. The van der Waals surface area contributed by atoms with Gasteiger partial charge in [-0.25, -0.2) is 13.6 Å². The summed E-state index contributed by atoms with van der Waals surface area (Å²) in [7, 11) is 0. The molecule has 0 aromatic heterocycles. The first-order valence-electron chi connectivity index (χ1n) is 10.5. The Morgan fingerprint density at radius 2 is 1.84 bits per heavy atom. The fraction of sp³-hybridized carbons (Fsp3) is 0.652. The van der Waals surface area contributed by atoms with Gasteiger partial charge in [0.1, 0.15) is 21.7 Å². The summed E-state index contributed by atoms with van der Waals surface area (Å²) in [6, 6.07) is 6.10. The first-order valence-corrected chi connectivity index (χ1v) is 11.6.